The molecule has 110 valence electrons. The molecule has 2 nitrogen and oxygen atoms in total. The third kappa shape index (κ3) is 2.60. The van der Waals surface area contributed by atoms with E-state index in [4.69, 9.17) is 0 Å². The largest absolute Gasteiger partial charge is 0.317 e. The Morgan fingerprint density at radius 2 is 1.64 bits per heavy atom. The third-order valence-corrected chi connectivity index (χ3v) is 4.07. The van der Waals surface area contributed by atoms with Crippen LogP contribution >= 0.6 is 0 Å². The zero-order chi connectivity index (χ0) is 15.5. The molecule has 0 N–H and O–H groups in total. The maximum absolute atomic E-state index is 11.2. The van der Waals surface area contributed by atoms with E-state index >= 15 is 0 Å². The normalized spacial score (nSPS) is 10.6. The number of aromatic nitrogens is 1. The second-order valence-corrected chi connectivity index (χ2v) is 5.57. The van der Waals surface area contributed by atoms with Crippen LogP contribution in [0.25, 0.3) is 5.69 Å². The quantitative estimate of drug-likeness (QED) is 0.648. The molecule has 2 aromatic carbocycles. The van der Waals surface area contributed by atoms with Crippen molar-refractivity contribution in [3.8, 4) is 5.69 Å². The van der Waals surface area contributed by atoms with Gasteiger partial charge in [-0.15, -0.1) is 0 Å². The molecule has 0 bridgehead atoms. The van der Waals surface area contributed by atoms with Crippen molar-refractivity contribution in [2.24, 2.45) is 0 Å². The van der Waals surface area contributed by atoms with Gasteiger partial charge in [-0.2, -0.15) is 0 Å². The molecule has 0 amide bonds. The summed E-state index contributed by atoms with van der Waals surface area (Å²) in [6, 6.07) is 20.8. The first-order valence-electron chi connectivity index (χ1n) is 7.47. The number of aldehydes is 1. The molecule has 0 fully saturated rings. The summed E-state index contributed by atoms with van der Waals surface area (Å²) in [5, 5.41) is 0. The van der Waals surface area contributed by atoms with Gasteiger partial charge in [-0.05, 0) is 43.5 Å². The summed E-state index contributed by atoms with van der Waals surface area (Å²) >= 11 is 0. The molecular weight excluding hydrogens is 270 g/mol. The van der Waals surface area contributed by atoms with E-state index in [0.29, 0.717) is 0 Å². The molecule has 22 heavy (non-hydrogen) atoms. The first-order chi connectivity index (χ1) is 10.7. The number of para-hydroxylation sites is 1. The number of rotatable bonds is 4. The Labute approximate surface area is 131 Å². The SMILES string of the molecule is Cc1cc(C=O)c(C)n1-c1ccccc1Cc1ccccc1. The number of aryl methyl sites for hydroxylation is 1. The molecule has 0 unspecified atom stereocenters. The first kappa shape index (κ1) is 14.3. The zero-order valence-electron chi connectivity index (χ0n) is 12.9. The van der Waals surface area contributed by atoms with Crippen molar-refractivity contribution in [3.05, 3.63) is 88.7 Å². The van der Waals surface area contributed by atoms with E-state index in [1.54, 1.807) is 0 Å². The van der Waals surface area contributed by atoms with Gasteiger partial charge in [-0.3, -0.25) is 4.79 Å². The second-order valence-electron chi connectivity index (χ2n) is 5.57. The smallest absolute Gasteiger partial charge is 0.151 e. The average molecular weight is 289 g/mol. The fourth-order valence-corrected chi connectivity index (χ4v) is 2.97. The highest BCUT2D eigenvalue weighted by molar-refractivity contribution is 5.77. The average Bonchev–Trinajstić information content (AvgIpc) is 2.83. The van der Waals surface area contributed by atoms with Crippen molar-refractivity contribution < 1.29 is 4.79 Å². The lowest BCUT2D eigenvalue weighted by Crippen LogP contribution is -2.04. The highest BCUT2D eigenvalue weighted by Crippen LogP contribution is 2.24. The zero-order valence-corrected chi connectivity index (χ0v) is 12.9. The predicted octanol–water partition coefficient (Wildman–Crippen LogP) is 4.50. The van der Waals surface area contributed by atoms with E-state index in [-0.39, 0.29) is 0 Å². The van der Waals surface area contributed by atoms with Gasteiger partial charge in [0.05, 0.1) is 0 Å². The van der Waals surface area contributed by atoms with Gasteiger partial charge in [-0.25, -0.2) is 0 Å². The van der Waals surface area contributed by atoms with Crippen molar-refractivity contribution in [1.29, 1.82) is 0 Å². The topological polar surface area (TPSA) is 22.0 Å². The molecule has 0 saturated carbocycles. The van der Waals surface area contributed by atoms with Gasteiger partial charge in [-0.1, -0.05) is 48.5 Å². The van der Waals surface area contributed by atoms with Crippen LogP contribution in [0.1, 0.15) is 32.9 Å². The molecule has 0 aliphatic rings. The van der Waals surface area contributed by atoms with Crippen LogP contribution in [0.2, 0.25) is 0 Å². The van der Waals surface area contributed by atoms with Crippen LogP contribution in [0.4, 0.5) is 0 Å². The van der Waals surface area contributed by atoms with E-state index in [0.717, 1.165) is 35.3 Å². The molecule has 0 atom stereocenters. The Morgan fingerprint density at radius 1 is 0.955 bits per heavy atom. The molecule has 0 aliphatic heterocycles. The van der Waals surface area contributed by atoms with Crippen LogP contribution in [0, 0.1) is 13.8 Å². The Hall–Kier alpha value is -2.61. The summed E-state index contributed by atoms with van der Waals surface area (Å²) in [6.45, 7) is 4.04. The highest BCUT2D eigenvalue weighted by atomic mass is 16.1. The van der Waals surface area contributed by atoms with Crippen molar-refractivity contribution in [3.63, 3.8) is 0 Å². The molecular formula is C20H19NO. The van der Waals surface area contributed by atoms with Crippen LogP contribution in [0.15, 0.2) is 60.7 Å². The lowest BCUT2D eigenvalue weighted by Gasteiger charge is -2.15. The number of carbonyl (C=O) groups is 1. The van der Waals surface area contributed by atoms with Crippen LogP contribution in [-0.4, -0.2) is 10.9 Å². The molecule has 0 aliphatic carbocycles. The maximum atomic E-state index is 11.2. The maximum Gasteiger partial charge on any atom is 0.151 e. The molecule has 0 saturated heterocycles. The van der Waals surface area contributed by atoms with Crippen LogP contribution in [0.3, 0.4) is 0 Å². The summed E-state index contributed by atoms with van der Waals surface area (Å²) in [7, 11) is 0. The Kier molecular flexibility index (Phi) is 3.92. The Bertz CT molecular complexity index is 800. The van der Waals surface area contributed by atoms with E-state index < -0.39 is 0 Å². The van der Waals surface area contributed by atoms with Crippen LogP contribution in [0.5, 0.6) is 0 Å². The standard InChI is InChI=1S/C20H19NO/c1-15-12-19(14-22)16(2)21(15)20-11-7-6-10-18(20)13-17-8-4-3-5-9-17/h3-12,14H,13H2,1-2H3. The van der Waals surface area contributed by atoms with Gasteiger partial charge >= 0.3 is 0 Å². The third-order valence-electron chi connectivity index (χ3n) is 4.07. The predicted molar refractivity (Wildman–Crippen MR) is 89.9 cm³/mol. The van der Waals surface area contributed by atoms with Gasteiger partial charge in [0.1, 0.15) is 0 Å². The van der Waals surface area contributed by atoms with Crippen molar-refractivity contribution in [1.82, 2.24) is 4.57 Å². The van der Waals surface area contributed by atoms with Gasteiger partial charge in [0.2, 0.25) is 0 Å². The highest BCUT2D eigenvalue weighted by Gasteiger charge is 2.13. The molecule has 0 radical (unpaired) electrons. The van der Waals surface area contributed by atoms with Crippen molar-refractivity contribution in [2.75, 3.05) is 0 Å². The molecule has 3 rings (SSSR count). The van der Waals surface area contributed by atoms with Crippen LogP contribution in [-0.2, 0) is 6.42 Å². The minimum absolute atomic E-state index is 0.756. The summed E-state index contributed by atoms with van der Waals surface area (Å²) in [6.07, 6.45) is 1.81. The van der Waals surface area contributed by atoms with Gasteiger partial charge in [0.15, 0.2) is 6.29 Å². The van der Waals surface area contributed by atoms with Crippen molar-refractivity contribution in [2.45, 2.75) is 20.3 Å². The summed E-state index contributed by atoms with van der Waals surface area (Å²) in [5.41, 5.74) is 6.52. The van der Waals surface area contributed by atoms with E-state index in [2.05, 4.69) is 47.0 Å². The summed E-state index contributed by atoms with van der Waals surface area (Å²) in [4.78, 5) is 11.2. The number of benzene rings is 2. The number of nitrogens with zero attached hydrogens (tertiary/aromatic N) is 1. The second kappa shape index (κ2) is 6.02. The minimum atomic E-state index is 0.756. The fourth-order valence-electron chi connectivity index (χ4n) is 2.97. The first-order valence-corrected chi connectivity index (χ1v) is 7.47. The van der Waals surface area contributed by atoms with Gasteiger partial charge in [0.25, 0.3) is 0 Å². The number of hydrogen-bond acceptors (Lipinski definition) is 1. The van der Waals surface area contributed by atoms with Crippen LogP contribution < -0.4 is 0 Å². The molecule has 1 aromatic heterocycles. The number of carbonyl (C=O) groups excluding carboxylic acids is 1. The monoisotopic (exact) mass is 289 g/mol. The van der Waals surface area contributed by atoms with E-state index in [9.17, 15) is 4.79 Å². The minimum Gasteiger partial charge on any atom is -0.317 e. The van der Waals surface area contributed by atoms with Gasteiger partial charge in [0, 0.05) is 22.6 Å². The van der Waals surface area contributed by atoms with E-state index in [1.807, 2.05) is 32.0 Å². The summed E-state index contributed by atoms with van der Waals surface area (Å²) < 4.78 is 2.17. The van der Waals surface area contributed by atoms with E-state index in [1.165, 1.54) is 11.1 Å². The molecule has 0 spiro atoms. The lowest BCUT2D eigenvalue weighted by molar-refractivity contribution is 0.112. The Balaban J connectivity index is 2.09. The summed E-state index contributed by atoms with van der Waals surface area (Å²) in [5.74, 6) is 0. The van der Waals surface area contributed by atoms with Gasteiger partial charge < -0.3 is 4.57 Å². The molecule has 1 heterocycles. The fraction of sp³-hybridized carbons (Fsp3) is 0.150. The number of hydrogen-bond donors (Lipinski definition) is 0. The lowest BCUT2D eigenvalue weighted by atomic mass is 10.0. The van der Waals surface area contributed by atoms with Crippen molar-refractivity contribution >= 4 is 6.29 Å². The molecule has 3 aromatic rings. The Morgan fingerprint density at radius 3 is 2.32 bits per heavy atom. The molecule has 2 heteroatoms.